The van der Waals surface area contributed by atoms with Gasteiger partial charge in [-0.05, 0) is 17.7 Å². The van der Waals surface area contributed by atoms with Crippen LogP contribution in [0.15, 0.2) is 24.3 Å². The molecule has 2 rings (SSSR count). The second kappa shape index (κ2) is 4.93. The van der Waals surface area contributed by atoms with Gasteiger partial charge in [0, 0.05) is 10.7 Å². The molecule has 5 nitrogen and oxygen atoms in total. The molecule has 1 saturated heterocycles. The SMILES string of the molecule is COc1cccc([C@@H]2SC[C@H](O)[C@H]2[N+](=O)[O-])c1. The summed E-state index contributed by atoms with van der Waals surface area (Å²) in [5.74, 6) is 1.07. The maximum absolute atomic E-state index is 11.0. The summed E-state index contributed by atoms with van der Waals surface area (Å²) in [4.78, 5) is 10.6. The molecule has 1 fully saturated rings. The van der Waals surface area contributed by atoms with Crippen molar-refractivity contribution in [3.8, 4) is 5.75 Å². The molecule has 0 aromatic heterocycles. The molecule has 6 heteroatoms. The second-order valence-electron chi connectivity index (χ2n) is 3.87. The Hall–Kier alpha value is -1.27. The number of rotatable bonds is 3. The van der Waals surface area contributed by atoms with Crippen LogP contribution < -0.4 is 4.74 Å². The highest BCUT2D eigenvalue weighted by Crippen LogP contribution is 2.42. The molecule has 1 N–H and O–H groups in total. The number of aliphatic hydroxyl groups is 1. The summed E-state index contributed by atoms with van der Waals surface area (Å²) in [5, 5.41) is 20.3. The first-order chi connectivity index (χ1) is 8.13. The first kappa shape index (κ1) is 12.2. The first-order valence-electron chi connectivity index (χ1n) is 5.20. The molecule has 0 unspecified atom stereocenters. The Bertz CT molecular complexity index is 426. The van der Waals surface area contributed by atoms with Crippen molar-refractivity contribution in [3.05, 3.63) is 39.9 Å². The zero-order chi connectivity index (χ0) is 12.4. The van der Waals surface area contributed by atoms with Gasteiger partial charge in [-0.15, -0.1) is 11.8 Å². The lowest BCUT2D eigenvalue weighted by Crippen LogP contribution is -2.33. The fourth-order valence-electron chi connectivity index (χ4n) is 1.96. The van der Waals surface area contributed by atoms with Crippen LogP contribution in [0, 0.1) is 10.1 Å². The molecule has 0 spiro atoms. The van der Waals surface area contributed by atoms with Crippen LogP contribution in [-0.2, 0) is 0 Å². The van der Waals surface area contributed by atoms with Crippen LogP contribution in [-0.4, -0.2) is 35.0 Å². The Kier molecular flexibility index (Phi) is 3.54. The Balaban J connectivity index is 2.29. The third kappa shape index (κ3) is 2.37. The molecule has 1 aliphatic heterocycles. The minimum absolute atomic E-state index is 0.310. The van der Waals surface area contributed by atoms with Crippen LogP contribution in [0.5, 0.6) is 5.75 Å². The van der Waals surface area contributed by atoms with Crippen molar-refractivity contribution in [3.63, 3.8) is 0 Å². The summed E-state index contributed by atoms with van der Waals surface area (Å²) in [5.41, 5.74) is 0.826. The lowest BCUT2D eigenvalue weighted by Gasteiger charge is -2.14. The molecule has 0 aliphatic carbocycles. The van der Waals surface area contributed by atoms with Crippen molar-refractivity contribution in [1.82, 2.24) is 0 Å². The third-order valence-electron chi connectivity index (χ3n) is 2.82. The monoisotopic (exact) mass is 255 g/mol. The predicted octanol–water partition coefficient (Wildman–Crippen LogP) is 1.49. The van der Waals surface area contributed by atoms with E-state index in [1.807, 2.05) is 6.07 Å². The Labute approximate surface area is 103 Å². The molecule has 0 amide bonds. The largest absolute Gasteiger partial charge is 0.497 e. The number of nitro groups is 1. The average Bonchev–Trinajstić information content (AvgIpc) is 2.71. The van der Waals surface area contributed by atoms with Crippen molar-refractivity contribution < 1.29 is 14.8 Å². The van der Waals surface area contributed by atoms with Crippen LogP contribution >= 0.6 is 11.8 Å². The van der Waals surface area contributed by atoms with Gasteiger partial charge in [-0.1, -0.05) is 12.1 Å². The van der Waals surface area contributed by atoms with Gasteiger partial charge in [0.1, 0.15) is 17.1 Å². The lowest BCUT2D eigenvalue weighted by molar-refractivity contribution is -0.531. The van der Waals surface area contributed by atoms with Gasteiger partial charge in [-0.2, -0.15) is 0 Å². The van der Waals surface area contributed by atoms with Crippen molar-refractivity contribution >= 4 is 11.8 Å². The van der Waals surface area contributed by atoms with Crippen LogP contribution in [0.25, 0.3) is 0 Å². The number of benzene rings is 1. The maximum Gasteiger partial charge on any atom is 0.255 e. The van der Waals surface area contributed by atoms with Crippen LogP contribution in [0.3, 0.4) is 0 Å². The molecule has 92 valence electrons. The van der Waals surface area contributed by atoms with Gasteiger partial charge in [0.05, 0.1) is 7.11 Å². The Morgan fingerprint density at radius 3 is 3.00 bits per heavy atom. The molecule has 0 saturated carbocycles. The standard InChI is InChI=1S/C11H13NO4S/c1-16-8-4-2-3-7(5-8)11-10(12(14)15)9(13)6-17-11/h2-5,9-11,13H,6H2,1H3/t9-,10+,11-/m0/s1. The van der Waals surface area contributed by atoms with Crippen LogP contribution in [0.4, 0.5) is 0 Å². The van der Waals surface area contributed by atoms with Gasteiger partial charge in [0.15, 0.2) is 0 Å². The summed E-state index contributed by atoms with van der Waals surface area (Å²) in [7, 11) is 1.56. The zero-order valence-electron chi connectivity index (χ0n) is 9.28. The molecule has 1 heterocycles. The number of thioether (sulfide) groups is 1. The maximum atomic E-state index is 11.0. The van der Waals surface area contributed by atoms with E-state index in [4.69, 9.17) is 4.74 Å². The van der Waals surface area contributed by atoms with Crippen molar-refractivity contribution in [2.45, 2.75) is 17.4 Å². The quantitative estimate of drug-likeness (QED) is 0.654. The molecule has 1 aromatic carbocycles. The van der Waals surface area contributed by atoms with Crippen molar-refractivity contribution in [1.29, 1.82) is 0 Å². The van der Waals surface area contributed by atoms with Crippen LogP contribution in [0.1, 0.15) is 10.8 Å². The van der Waals surface area contributed by atoms with E-state index in [1.165, 1.54) is 11.8 Å². The number of ether oxygens (including phenoxy) is 1. The molecular weight excluding hydrogens is 242 g/mol. The van der Waals surface area contributed by atoms with E-state index in [-0.39, 0.29) is 5.25 Å². The van der Waals surface area contributed by atoms with Gasteiger partial charge >= 0.3 is 0 Å². The zero-order valence-corrected chi connectivity index (χ0v) is 10.1. The first-order valence-corrected chi connectivity index (χ1v) is 6.25. The molecule has 0 radical (unpaired) electrons. The Morgan fingerprint density at radius 1 is 1.59 bits per heavy atom. The molecule has 1 aromatic rings. The van der Waals surface area contributed by atoms with E-state index in [2.05, 4.69) is 0 Å². The van der Waals surface area contributed by atoms with E-state index in [0.29, 0.717) is 11.5 Å². The highest BCUT2D eigenvalue weighted by atomic mass is 32.2. The molecule has 17 heavy (non-hydrogen) atoms. The van der Waals surface area contributed by atoms with E-state index in [1.54, 1.807) is 25.3 Å². The highest BCUT2D eigenvalue weighted by Gasteiger charge is 2.45. The minimum Gasteiger partial charge on any atom is -0.497 e. The summed E-state index contributed by atoms with van der Waals surface area (Å²) in [6, 6.07) is 6.27. The highest BCUT2D eigenvalue weighted by molar-refractivity contribution is 7.99. The van der Waals surface area contributed by atoms with E-state index >= 15 is 0 Å². The molecule has 0 bridgehead atoms. The summed E-state index contributed by atoms with van der Waals surface area (Å²) >= 11 is 1.41. The van der Waals surface area contributed by atoms with E-state index < -0.39 is 17.1 Å². The minimum atomic E-state index is -0.938. The topological polar surface area (TPSA) is 72.6 Å². The van der Waals surface area contributed by atoms with Crippen molar-refractivity contribution in [2.24, 2.45) is 0 Å². The lowest BCUT2D eigenvalue weighted by atomic mass is 10.0. The predicted molar refractivity (Wildman–Crippen MR) is 65.0 cm³/mol. The number of aliphatic hydroxyl groups excluding tert-OH is 1. The molecular formula is C11H13NO4S. The normalized spacial score (nSPS) is 28.0. The third-order valence-corrected chi connectivity index (χ3v) is 4.26. The van der Waals surface area contributed by atoms with Gasteiger partial charge < -0.3 is 9.84 Å². The van der Waals surface area contributed by atoms with Gasteiger partial charge in [-0.25, -0.2) is 0 Å². The number of hydrogen-bond donors (Lipinski definition) is 1. The van der Waals surface area contributed by atoms with Crippen molar-refractivity contribution in [2.75, 3.05) is 12.9 Å². The van der Waals surface area contributed by atoms with E-state index in [9.17, 15) is 15.2 Å². The fraction of sp³-hybridized carbons (Fsp3) is 0.455. The van der Waals surface area contributed by atoms with Gasteiger partial charge in [0.2, 0.25) is 0 Å². The van der Waals surface area contributed by atoms with Gasteiger partial charge in [-0.3, -0.25) is 10.1 Å². The number of nitrogens with zero attached hydrogens (tertiary/aromatic N) is 1. The second-order valence-corrected chi connectivity index (χ2v) is 5.05. The summed E-state index contributed by atoms with van der Waals surface area (Å²) in [6.45, 7) is 0. The summed E-state index contributed by atoms with van der Waals surface area (Å²) in [6.07, 6.45) is -0.883. The van der Waals surface area contributed by atoms with E-state index in [0.717, 1.165) is 5.56 Å². The Morgan fingerprint density at radius 2 is 2.35 bits per heavy atom. The summed E-state index contributed by atoms with van der Waals surface area (Å²) < 4.78 is 5.10. The molecule has 1 aliphatic rings. The fourth-order valence-corrected chi connectivity index (χ4v) is 3.38. The number of methoxy groups -OCH3 is 1. The average molecular weight is 255 g/mol. The van der Waals surface area contributed by atoms with Gasteiger partial charge in [0.25, 0.3) is 6.04 Å². The van der Waals surface area contributed by atoms with Crippen LogP contribution in [0.2, 0.25) is 0 Å². The molecule has 3 atom stereocenters. The smallest absolute Gasteiger partial charge is 0.255 e. The number of hydrogen-bond acceptors (Lipinski definition) is 5.